The van der Waals surface area contributed by atoms with Gasteiger partial charge in [-0.15, -0.1) is 0 Å². The first-order chi connectivity index (χ1) is 8.15. The molecule has 1 aromatic heterocycles. The molecular formula is C12H19BrN4. The van der Waals surface area contributed by atoms with Gasteiger partial charge in [0.25, 0.3) is 0 Å². The highest BCUT2D eigenvalue weighted by atomic mass is 79.9. The molecule has 1 heterocycles. The summed E-state index contributed by atoms with van der Waals surface area (Å²) in [7, 11) is 0. The van der Waals surface area contributed by atoms with E-state index in [1.165, 1.54) is 12.8 Å². The Bertz CT molecular complexity index is 385. The summed E-state index contributed by atoms with van der Waals surface area (Å²) in [6.45, 7) is 2.94. The lowest BCUT2D eigenvalue weighted by molar-refractivity contribution is 0.263. The second-order valence-electron chi connectivity index (χ2n) is 5.03. The topological polar surface area (TPSA) is 63.8 Å². The minimum Gasteiger partial charge on any atom is -0.362 e. The SMILES string of the molecule is CC1CCCC(CN)(Nc2ncncc2Br)C1. The molecule has 0 aromatic carbocycles. The lowest BCUT2D eigenvalue weighted by Crippen LogP contribution is -2.49. The Morgan fingerprint density at radius 1 is 1.65 bits per heavy atom. The third kappa shape index (κ3) is 2.96. The average Bonchev–Trinajstić information content (AvgIpc) is 2.32. The minimum absolute atomic E-state index is 0.00542. The summed E-state index contributed by atoms with van der Waals surface area (Å²) in [5.74, 6) is 1.57. The molecule has 4 nitrogen and oxygen atoms in total. The second-order valence-corrected chi connectivity index (χ2v) is 5.88. The summed E-state index contributed by atoms with van der Waals surface area (Å²) >= 11 is 3.46. The van der Waals surface area contributed by atoms with Crippen molar-refractivity contribution in [2.24, 2.45) is 11.7 Å². The smallest absolute Gasteiger partial charge is 0.144 e. The summed E-state index contributed by atoms with van der Waals surface area (Å²) in [6, 6.07) is 0. The average molecular weight is 299 g/mol. The summed E-state index contributed by atoms with van der Waals surface area (Å²) in [4.78, 5) is 8.24. The van der Waals surface area contributed by atoms with Crippen LogP contribution in [0.1, 0.15) is 32.6 Å². The molecule has 2 atom stereocenters. The van der Waals surface area contributed by atoms with Gasteiger partial charge in [0.1, 0.15) is 12.1 Å². The summed E-state index contributed by atoms with van der Waals surface area (Å²) in [6.07, 6.45) is 8.07. The number of rotatable bonds is 3. The number of hydrogen-bond acceptors (Lipinski definition) is 4. The van der Waals surface area contributed by atoms with Gasteiger partial charge in [-0.05, 0) is 34.7 Å². The number of halogens is 1. The Hall–Kier alpha value is -0.680. The van der Waals surface area contributed by atoms with Crippen LogP contribution in [0.5, 0.6) is 0 Å². The van der Waals surface area contributed by atoms with Gasteiger partial charge in [0, 0.05) is 12.7 Å². The van der Waals surface area contributed by atoms with Crippen LogP contribution in [0.3, 0.4) is 0 Å². The van der Waals surface area contributed by atoms with Crippen molar-refractivity contribution >= 4 is 21.7 Å². The first kappa shape index (κ1) is 12.8. The van der Waals surface area contributed by atoms with Gasteiger partial charge in [0.2, 0.25) is 0 Å². The molecule has 0 amide bonds. The van der Waals surface area contributed by atoms with E-state index in [2.05, 4.69) is 38.1 Å². The van der Waals surface area contributed by atoms with Crippen LogP contribution in [0.2, 0.25) is 0 Å². The van der Waals surface area contributed by atoms with E-state index >= 15 is 0 Å². The highest BCUT2D eigenvalue weighted by molar-refractivity contribution is 9.10. The predicted molar refractivity (Wildman–Crippen MR) is 72.8 cm³/mol. The van der Waals surface area contributed by atoms with E-state index in [0.29, 0.717) is 6.54 Å². The summed E-state index contributed by atoms with van der Waals surface area (Å²) in [5, 5.41) is 3.52. The molecule has 1 aliphatic rings. The summed E-state index contributed by atoms with van der Waals surface area (Å²) < 4.78 is 0.894. The molecular weight excluding hydrogens is 280 g/mol. The molecule has 2 rings (SSSR count). The molecule has 5 heteroatoms. The zero-order valence-corrected chi connectivity index (χ0v) is 11.7. The predicted octanol–water partition coefficient (Wildman–Crippen LogP) is 2.56. The fourth-order valence-corrected chi connectivity index (χ4v) is 2.99. The highest BCUT2D eigenvalue weighted by Crippen LogP contribution is 2.35. The monoisotopic (exact) mass is 298 g/mol. The van der Waals surface area contributed by atoms with Crippen molar-refractivity contribution in [2.45, 2.75) is 38.1 Å². The van der Waals surface area contributed by atoms with Crippen molar-refractivity contribution in [3.8, 4) is 0 Å². The maximum absolute atomic E-state index is 5.98. The molecule has 1 aliphatic carbocycles. The lowest BCUT2D eigenvalue weighted by atomic mass is 9.76. The molecule has 0 bridgehead atoms. The van der Waals surface area contributed by atoms with Crippen LogP contribution in [0.25, 0.3) is 0 Å². The molecule has 3 N–H and O–H groups in total. The molecule has 94 valence electrons. The maximum Gasteiger partial charge on any atom is 0.144 e. The van der Waals surface area contributed by atoms with E-state index in [9.17, 15) is 0 Å². The van der Waals surface area contributed by atoms with Crippen LogP contribution in [0.4, 0.5) is 5.82 Å². The normalized spacial score (nSPS) is 29.0. The van der Waals surface area contributed by atoms with E-state index in [0.717, 1.165) is 29.1 Å². The Kier molecular flexibility index (Phi) is 3.99. The van der Waals surface area contributed by atoms with Gasteiger partial charge in [-0.1, -0.05) is 19.8 Å². The Balaban J connectivity index is 2.17. The van der Waals surface area contributed by atoms with Crippen molar-refractivity contribution in [2.75, 3.05) is 11.9 Å². The van der Waals surface area contributed by atoms with E-state index in [1.807, 2.05) is 0 Å². The molecule has 0 radical (unpaired) electrons. The molecule has 2 unspecified atom stereocenters. The number of nitrogens with two attached hydrogens (primary N) is 1. The van der Waals surface area contributed by atoms with Crippen LogP contribution in [-0.4, -0.2) is 22.1 Å². The minimum atomic E-state index is -0.00542. The largest absolute Gasteiger partial charge is 0.362 e. The van der Waals surface area contributed by atoms with Gasteiger partial charge in [0.05, 0.1) is 10.0 Å². The van der Waals surface area contributed by atoms with Crippen molar-refractivity contribution in [3.63, 3.8) is 0 Å². The van der Waals surface area contributed by atoms with E-state index < -0.39 is 0 Å². The molecule has 0 saturated heterocycles. The quantitative estimate of drug-likeness (QED) is 0.900. The van der Waals surface area contributed by atoms with Gasteiger partial charge < -0.3 is 11.1 Å². The molecule has 0 aliphatic heterocycles. The molecule has 0 spiro atoms. The molecule has 1 aromatic rings. The molecule has 1 fully saturated rings. The van der Waals surface area contributed by atoms with E-state index in [1.54, 1.807) is 12.5 Å². The highest BCUT2D eigenvalue weighted by Gasteiger charge is 2.34. The second kappa shape index (κ2) is 5.31. The van der Waals surface area contributed by atoms with Crippen LogP contribution in [-0.2, 0) is 0 Å². The lowest BCUT2D eigenvalue weighted by Gasteiger charge is -2.40. The first-order valence-corrected chi connectivity index (χ1v) is 6.88. The van der Waals surface area contributed by atoms with Gasteiger partial charge in [-0.3, -0.25) is 0 Å². The van der Waals surface area contributed by atoms with Crippen LogP contribution < -0.4 is 11.1 Å². The summed E-state index contributed by atoms with van der Waals surface area (Å²) in [5.41, 5.74) is 5.97. The standard InChI is InChI=1S/C12H19BrN4/c1-9-3-2-4-12(5-9,7-14)17-11-10(13)6-15-8-16-11/h6,8-9H,2-5,7,14H2,1H3,(H,15,16,17). The number of nitrogens with one attached hydrogen (secondary N) is 1. The Morgan fingerprint density at radius 2 is 2.47 bits per heavy atom. The van der Waals surface area contributed by atoms with Gasteiger partial charge in [-0.25, -0.2) is 9.97 Å². The van der Waals surface area contributed by atoms with E-state index in [-0.39, 0.29) is 5.54 Å². The Morgan fingerprint density at radius 3 is 3.12 bits per heavy atom. The number of aromatic nitrogens is 2. The van der Waals surface area contributed by atoms with Gasteiger partial charge in [-0.2, -0.15) is 0 Å². The third-order valence-corrected chi connectivity index (χ3v) is 4.11. The first-order valence-electron chi connectivity index (χ1n) is 6.09. The Labute approximate surface area is 111 Å². The van der Waals surface area contributed by atoms with Crippen molar-refractivity contribution in [1.29, 1.82) is 0 Å². The van der Waals surface area contributed by atoms with Crippen LogP contribution in [0.15, 0.2) is 17.0 Å². The number of nitrogens with zero attached hydrogens (tertiary/aromatic N) is 2. The van der Waals surface area contributed by atoms with Crippen molar-refractivity contribution in [3.05, 3.63) is 17.0 Å². The fraction of sp³-hybridized carbons (Fsp3) is 0.667. The van der Waals surface area contributed by atoms with Crippen LogP contribution in [0, 0.1) is 5.92 Å². The van der Waals surface area contributed by atoms with Gasteiger partial charge in [0.15, 0.2) is 0 Å². The third-order valence-electron chi connectivity index (χ3n) is 3.53. The van der Waals surface area contributed by atoms with E-state index in [4.69, 9.17) is 5.73 Å². The van der Waals surface area contributed by atoms with Crippen molar-refractivity contribution in [1.82, 2.24) is 9.97 Å². The molecule has 17 heavy (non-hydrogen) atoms. The molecule has 1 saturated carbocycles. The zero-order chi connectivity index (χ0) is 12.3. The van der Waals surface area contributed by atoms with Gasteiger partial charge >= 0.3 is 0 Å². The van der Waals surface area contributed by atoms with Crippen LogP contribution >= 0.6 is 15.9 Å². The fourth-order valence-electron chi connectivity index (χ4n) is 2.67. The maximum atomic E-state index is 5.98. The van der Waals surface area contributed by atoms with Crippen molar-refractivity contribution < 1.29 is 0 Å². The number of hydrogen-bond donors (Lipinski definition) is 2. The number of anilines is 1. The zero-order valence-electron chi connectivity index (χ0n) is 10.1.